The van der Waals surface area contributed by atoms with E-state index in [1.54, 1.807) is 53.4 Å². The second-order valence-corrected chi connectivity index (χ2v) is 8.43. The van der Waals surface area contributed by atoms with Crippen LogP contribution in [0.2, 0.25) is 5.02 Å². The standard InChI is InChI=1S/C28H21ClN2O2/c29-24-16-8-7-15-23(24)28(26(30)32,20-11-2-1-3-12-20)27(33)31-18-19-10-4-5-13-21(19)22-14-6-9-17-25(22)31/h1-17H,18H2,(H2,30,32). The Kier molecular flexibility index (Phi) is 5.23. The molecule has 5 heteroatoms. The second-order valence-electron chi connectivity index (χ2n) is 8.03. The van der Waals surface area contributed by atoms with Crippen molar-refractivity contribution >= 4 is 29.1 Å². The number of para-hydroxylation sites is 1. The van der Waals surface area contributed by atoms with E-state index in [2.05, 4.69) is 0 Å². The van der Waals surface area contributed by atoms with Gasteiger partial charge in [0.05, 0.1) is 12.2 Å². The van der Waals surface area contributed by atoms with Crippen molar-refractivity contribution in [1.82, 2.24) is 0 Å². The van der Waals surface area contributed by atoms with Gasteiger partial charge in [-0.1, -0.05) is 103 Å². The molecule has 1 unspecified atom stereocenters. The lowest BCUT2D eigenvalue weighted by molar-refractivity contribution is -0.132. The van der Waals surface area contributed by atoms with E-state index < -0.39 is 17.2 Å². The van der Waals surface area contributed by atoms with Crippen molar-refractivity contribution in [2.75, 3.05) is 4.90 Å². The Labute approximate surface area is 197 Å². The maximum atomic E-state index is 14.6. The molecular formula is C28H21ClN2O2. The smallest absolute Gasteiger partial charge is 0.252 e. The van der Waals surface area contributed by atoms with Gasteiger partial charge in [-0.05, 0) is 28.8 Å². The first kappa shape index (κ1) is 21.0. The number of hydrogen-bond acceptors (Lipinski definition) is 2. The molecule has 2 N–H and O–H groups in total. The Morgan fingerprint density at radius 1 is 0.758 bits per heavy atom. The molecule has 33 heavy (non-hydrogen) atoms. The average Bonchev–Trinajstić information content (AvgIpc) is 2.85. The largest absolute Gasteiger partial charge is 0.368 e. The SMILES string of the molecule is NC(=O)C(C(=O)N1Cc2ccccc2-c2ccccc21)(c1ccccc1)c1ccccc1Cl. The molecule has 162 valence electrons. The first-order valence-corrected chi connectivity index (χ1v) is 11.0. The summed E-state index contributed by atoms with van der Waals surface area (Å²) in [5.41, 5.74) is 8.86. The number of benzene rings is 4. The number of anilines is 1. The third-order valence-electron chi connectivity index (χ3n) is 6.25. The third-order valence-corrected chi connectivity index (χ3v) is 6.58. The van der Waals surface area contributed by atoms with Gasteiger partial charge in [-0.2, -0.15) is 0 Å². The van der Waals surface area contributed by atoms with Crippen LogP contribution < -0.4 is 10.6 Å². The van der Waals surface area contributed by atoms with Crippen LogP contribution in [0.5, 0.6) is 0 Å². The van der Waals surface area contributed by atoms with Crippen LogP contribution in [0, 0.1) is 0 Å². The van der Waals surface area contributed by atoms with Crippen LogP contribution in [0.1, 0.15) is 16.7 Å². The number of nitrogens with zero attached hydrogens (tertiary/aromatic N) is 1. The zero-order valence-electron chi connectivity index (χ0n) is 17.7. The Balaban J connectivity index is 1.78. The molecule has 4 nitrogen and oxygen atoms in total. The minimum Gasteiger partial charge on any atom is -0.368 e. The molecule has 0 radical (unpaired) electrons. The van der Waals surface area contributed by atoms with Gasteiger partial charge in [0, 0.05) is 16.1 Å². The van der Waals surface area contributed by atoms with E-state index in [-0.39, 0.29) is 0 Å². The predicted molar refractivity (Wildman–Crippen MR) is 131 cm³/mol. The van der Waals surface area contributed by atoms with Gasteiger partial charge in [0.15, 0.2) is 5.41 Å². The molecule has 1 heterocycles. The van der Waals surface area contributed by atoms with Gasteiger partial charge in [-0.15, -0.1) is 0 Å². The highest BCUT2D eigenvalue weighted by Gasteiger charge is 2.52. The van der Waals surface area contributed by atoms with Crippen LogP contribution >= 0.6 is 11.6 Å². The number of hydrogen-bond donors (Lipinski definition) is 1. The molecule has 4 aromatic carbocycles. The van der Waals surface area contributed by atoms with E-state index in [4.69, 9.17) is 17.3 Å². The Bertz CT molecular complexity index is 1370. The number of fused-ring (bicyclic) bond motifs is 3. The molecule has 0 aliphatic carbocycles. The van der Waals surface area contributed by atoms with E-state index in [1.165, 1.54) is 0 Å². The van der Waals surface area contributed by atoms with Crippen LogP contribution in [0.4, 0.5) is 5.69 Å². The molecule has 1 aliphatic rings. The van der Waals surface area contributed by atoms with E-state index in [1.807, 2.05) is 54.6 Å². The number of carbonyl (C=O) groups is 2. The van der Waals surface area contributed by atoms with Crippen LogP contribution in [0.25, 0.3) is 11.1 Å². The van der Waals surface area contributed by atoms with E-state index in [0.29, 0.717) is 22.7 Å². The van der Waals surface area contributed by atoms with Crippen molar-refractivity contribution < 1.29 is 9.59 Å². The molecule has 0 saturated heterocycles. The normalized spacial score (nSPS) is 14.0. The predicted octanol–water partition coefficient (Wildman–Crippen LogP) is 5.33. The van der Waals surface area contributed by atoms with Crippen LogP contribution in [0.15, 0.2) is 103 Å². The van der Waals surface area contributed by atoms with Crippen LogP contribution in [-0.2, 0) is 21.5 Å². The average molecular weight is 453 g/mol. The molecule has 1 atom stereocenters. The molecule has 0 saturated carbocycles. The fourth-order valence-corrected chi connectivity index (χ4v) is 5.00. The van der Waals surface area contributed by atoms with Gasteiger partial charge in [0.2, 0.25) is 5.91 Å². The van der Waals surface area contributed by atoms with E-state index >= 15 is 0 Å². The topological polar surface area (TPSA) is 63.4 Å². The highest BCUT2D eigenvalue weighted by molar-refractivity contribution is 6.33. The highest BCUT2D eigenvalue weighted by Crippen LogP contribution is 2.44. The van der Waals surface area contributed by atoms with Gasteiger partial charge in [-0.3, -0.25) is 9.59 Å². The number of halogens is 1. The summed E-state index contributed by atoms with van der Waals surface area (Å²) in [6, 6.07) is 31.5. The minimum absolute atomic E-state index is 0.305. The van der Waals surface area contributed by atoms with Crippen molar-refractivity contribution in [3.05, 3.63) is 125 Å². The zero-order chi connectivity index (χ0) is 23.0. The lowest BCUT2D eigenvalue weighted by atomic mass is 9.72. The molecule has 4 aromatic rings. The van der Waals surface area contributed by atoms with Crippen molar-refractivity contribution in [2.45, 2.75) is 12.0 Å². The zero-order valence-corrected chi connectivity index (χ0v) is 18.5. The summed E-state index contributed by atoms with van der Waals surface area (Å²) < 4.78 is 0. The Hall–Kier alpha value is -3.89. The summed E-state index contributed by atoms with van der Waals surface area (Å²) in [4.78, 5) is 29.5. The molecule has 2 amide bonds. The van der Waals surface area contributed by atoms with Gasteiger partial charge in [-0.25, -0.2) is 0 Å². The highest BCUT2D eigenvalue weighted by atomic mass is 35.5. The Morgan fingerprint density at radius 3 is 2.09 bits per heavy atom. The maximum absolute atomic E-state index is 14.6. The molecule has 0 aromatic heterocycles. The number of primary amides is 1. The van der Waals surface area contributed by atoms with Gasteiger partial charge < -0.3 is 10.6 Å². The maximum Gasteiger partial charge on any atom is 0.252 e. The fourth-order valence-electron chi connectivity index (χ4n) is 4.72. The number of amides is 2. The molecule has 5 rings (SSSR count). The number of nitrogens with two attached hydrogens (primary N) is 1. The van der Waals surface area contributed by atoms with Gasteiger partial charge in [0.25, 0.3) is 5.91 Å². The fraction of sp³-hybridized carbons (Fsp3) is 0.0714. The summed E-state index contributed by atoms with van der Waals surface area (Å²) in [6.45, 7) is 0.318. The summed E-state index contributed by atoms with van der Waals surface area (Å²) in [6.07, 6.45) is 0. The lowest BCUT2D eigenvalue weighted by Crippen LogP contribution is -2.56. The third kappa shape index (κ3) is 3.22. The lowest BCUT2D eigenvalue weighted by Gasteiger charge is -2.39. The first-order valence-electron chi connectivity index (χ1n) is 10.6. The van der Waals surface area contributed by atoms with Crippen LogP contribution in [0.3, 0.4) is 0 Å². The van der Waals surface area contributed by atoms with Gasteiger partial charge >= 0.3 is 0 Å². The minimum atomic E-state index is -1.79. The monoisotopic (exact) mass is 452 g/mol. The summed E-state index contributed by atoms with van der Waals surface area (Å²) in [7, 11) is 0. The quantitative estimate of drug-likeness (QED) is 0.425. The molecular weight excluding hydrogens is 432 g/mol. The second kappa shape index (κ2) is 8.23. The number of carbonyl (C=O) groups excluding carboxylic acids is 2. The number of rotatable bonds is 4. The molecule has 0 bridgehead atoms. The van der Waals surface area contributed by atoms with Crippen molar-refractivity contribution in [3.8, 4) is 11.1 Å². The van der Waals surface area contributed by atoms with Crippen molar-refractivity contribution in [2.24, 2.45) is 5.73 Å². The first-order chi connectivity index (χ1) is 16.0. The van der Waals surface area contributed by atoms with Crippen LogP contribution in [-0.4, -0.2) is 11.8 Å². The van der Waals surface area contributed by atoms with Crippen molar-refractivity contribution in [3.63, 3.8) is 0 Å². The van der Waals surface area contributed by atoms with E-state index in [0.717, 1.165) is 22.4 Å². The van der Waals surface area contributed by atoms with Crippen molar-refractivity contribution in [1.29, 1.82) is 0 Å². The summed E-state index contributed by atoms with van der Waals surface area (Å²) in [5.74, 6) is -1.21. The van der Waals surface area contributed by atoms with E-state index in [9.17, 15) is 9.59 Å². The molecule has 1 aliphatic heterocycles. The molecule has 0 spiro atoms. The summed E-state index contributed by atoms with van der Waals surface area (Å²) >= 11 is 6.59. The Morgan fingerprint density at radius 2 is 1.36 bits per heavy atom. The van der Waals surface area contributed by atoms with Gasteiger partial charge in [0.1, 0.15) is 0 Å². The molecule has 0 fully saturated rings. The summed E-state index contributed by atoms with van der Waals surface area (Å²) in [5, 5.41) is 0.305.